The van der Waals surface area contributed by atoms with Gasteiger partial charge in [0.1, 0.15) is 11.6 Å². The van der Waals surface area contributed by atoms with Crippen LogP contribution in [0.4, 0.5) is 15.8 Å². The number of halogens is 2. The zero-order valence-electron chi connectivity index (χ0n) is 16.1. The molecule has 2 N–H and O–H groups in total. The number of methoxy groups -OCH3 is 1. The van der Waals surface area contributed by atoms with Crippen LogP contribution in [0.1, 0.15) is 11.1 Å². The normalized spacial score (nSPS) is 10.9. The van der Waals surface area contributed by atoms with Crippen LogP contribution in [0.25, 0.3) is 6.08 Å². The molecule has 0 radical (unpaired) electrons. The Bertz CT molecular complexity index is 1070. The van der Waals surface area contributed by atoms with Crippen molar-refractivity contribution in [3.63, 3.8) is 0 Å². The molecule has 3 rings (SSSR count). The average Bonchev–Trinajstić information content (AvgIpc) is 2.75. The van der Waals surface area contributed by atoms with E-state index in [1.54, 1.807) is 11.8 Å². The molecule has 0 amide bonds. The van der Waals surface area contributed by atoms with Crippen molar-refractivity contribution in [1.29, 1.82) is 0 Å². The maximum atomic E-state index is 14.0. The second-order valence-corrected chi connectivity index (χ2v) is 8.19. The van der Waals surface area contributed by atoms with Gasteiger partial charge in [0.15, 0.2) is 0 Å². The van der Waals surface area contributed by atoms with Gasteiger partial charge in [0.2, 0.25) is 0 Å². The summed E-state index contributed by atoms with van der Waals surface area (Å²) in [5, 5.41) is 12.2. The lowest BCUT2D eigenvalue weighted by Gasteiger charge is -2.15. The van der Waals surface area contributed by atoms with E-state index in [9.17, 15) is 9.18 Å². The zero-order chi connectivity index (χ0) is 21.5. The van der Waals surface area contributed by atoms with Gasteiger partial charge in [-0.2, -0.15) is 0 Å². The average molecular weight is 488 g/mol. The van der Waals surface area contributed by atoms with Crippen LogP contribution in [0, 0.1) is 5.82 Å². The van der Waals surface area contributed by atoms with Crippen LogP contribution in [0.15, 0.2) is 76.1 Å². The van der Waals surface area contributed by atoms with Gasteiger partial charge in [-0.05, 0) is 57.4 Å². The number of aliphatic carboxylic acids is 1. The number of nitrogens with one attached hydrogen (secondary N) is 1. The van der Waals surface area contributed by atoms with Crippen molar-refractivity contribution in [1.82, 2.24) is 0 Å². The van der Waals surface area contributed by atoms with Gasteiger partial charge in [0.25, 0.3) is 0 Å². The first-order chi connectivity index (χ1) is 14.5. The van der Waals surface area contributed by atoms with Gasteiger partial charge < -0.3 is 15.2 Å². The largest absolute Gasteiger partial charge is 0.495 e. The highest BCUT2D eigenvalue weighted by atomic mass is 79.9. The number of carbonyl (C=O) groups is 1. The van der Waals surface area contributed by atoms with E-state index in [1.807, 2.05) is 36.4 Å². The van der Waals surface area contributed by atoms with E-state index in [0.29, 0.717) is 27.2 Å². The minimum atomic E-state index is -1.05. The van der Waals surface area contributed by atoms with Crippen molar-refractivity contribution in [2.24, 2.45) is 0 Å². The fourth-order valence-corrected chi connectivity index (χ4v) is 3.95. The third-order valence-electron chi connectivity index (χ3n) is 4.19. The SMILES string of the molecule is COc1cc(Br)c(F)cc1Nc1ccc(SCc2ccccc2)cc1/C=C/C(=O)O. The minimum absolute atomic E-state index is 0.295. The highest BCUT2D eigenvalue weighted by Gasteiger charge is 2.11. The first-order valence-electron chi connectivity index (χ1n) is 8.98. The van der Waals surface area contributed by atoms with Gasteiger partial charge in [-0.1, -0.05) is 30.3 Å². The number of rotatable bonds is 8. The molecule has 30 heavy (non-hydrogen) atoms. The van der Waals surface area contributed by atoms with E-state index >= 15 is 0 Å². The number of benzene rings is 3. The van der Waals surface area contributed by atoms with Gasteiger partial charge in [-0.25, -0.2) is 9.18 Å². The van der Waals surface area contributed by atoms with Gasteiger partial charge in [-0.15, -0.1) is 11.8 Å². The molecule has 0 aliphatic heterocycles. The molecule has 0 saturated carbocycles. The van der Waals surface area contributed by atoms with E-state index in [-0.39, 0.29) is 0 Å². The highest BCUT2D eigenvalue weighted by Crippen LogP contribution is 2.35. The van der Waals surface area contributed by atoms with Crippen molar-refractivity contribution < 1.29 is 19.0 Å². The number of hydrogen-bond donors (Lipinski definition) is 2. The van der Waals surface area contributed by atoms with Crippen LogP contribution < -0.4 is 10.1 Å². The Morgan fingerprint density at radius 3 is 2.63 bits per heavy atom. The summed E-state index contributed by atoms with van der Waals surface area (Å²) >= 11 is 4.79. The quantitative estimate of drug-likeness (QED) is 0.272. The summed E-state index contributed by atoms with van der Waals surface area (Å²) in [6, 6.07) is 18.6. The van der Waals surface area contributed by atoms with Crippen molar-refractivity contribution in [2.75, 3.05) is 12.4 Å². The lowest BCUT2D eigenvalue weighted by Crippen LogP contribution is -1.98. The molecule has 0 aliphatic carbocycles. The molecule has 154 valence electrons. The number of hydrogen-bond acceptors (Lipinski definition) is 4. The van der Waals surface area contributed by atoms with Crippen LogP contribution in [0.3, 0.4) is 0 Å². The molecule has 7 heteroatoms. The Morgan fingerprint density at radius 2 is 1.93 bits per heavy atom. The minimum Gasteiger partial charge on any atom is -0.495 e. The lowest BCUT2D eigenvalue weighted by molar-refractivity contribution is -0.131. The number of anilines is 2. The van der Waals surface area contributed by atoms with E-state index in [0.717, 1.165) is 16.7 Å². The molecular weight excluding hydrogens is 469 g/mol. The number of carboxylic acids is 1. The maximum Gasteiger partial charge on any atom is 0.328 e. The predicted octanol–water partition coefficient (Wildman–Crippen LogP) is 6.73. The molecule has 0 aromatic heterocycles. The topological polar surface area (TPSA) is 58.6 Å². The Hall–Kier alpha value is -2.77. The Kier molecular flexibility index (Phi) is 7.54. The second kappa shape index (κ2) is 10.3. The fraction of sp³-hybridized carbons (Fsp3) is 0.0870. The summed E-state index contributed by atoms with van der Waals surface area (Å²) in [4.78, 5) is 12.0. The first kappa shape index (κ1) is 21.9. The van der Waals surface area contributed by atoms with Crippen molar-refractivity contribution in [3.05, 3.63) is 88.2 Å². The fourth-order valence-electron chi connectivity index (χ4n) is 2.72. The Labute approximate surface area is 186 Å². The molecule has 0 unspecified atom stereocenters. The molecule has 0 heterocycles. The van der Waals surface area contributed by atoms with Crippen LogP contribution in [-0.4, -0.2) is 18.2 Å². The zero-order valence-corrected chi connectivity index (χ0v) is 18.5. The number of carboxylic acid groups (broad SMARTS) is 1. The number of thioether (sulfide) groups is 1. The molecule has 0 aliphatic rings. The molecule has 0 bridgehead atoms. The molecule has 4 nitrogen and oxygen atoms in total. The standard InChI is InChI=1S/C23H19BrFNO3S/c1-29-22-12-18(24)19(25)13-21(22)26-20-9-8-17(11-16(20)7-10-23(27)28)30-14-15-5-3-2-4-6-15/h2-13,26H,14H2,1H3,(H,27,28)/b10-7+. The van der Waals surface area contributed by atoms with E-state index in [1.165, 1.54) is 30.9 Å². The molecule has 3 aromatic carbocycles. The monoisotopic (exact) mass is 487 g/mol. The third-order valence-corrected chi connectivity index (χ3v) is 5.86. The van der Waals surface area contributed by atoms with Crippen molar-refractivity contribution in [3.8, 4) is 5.75 Å². The lowest BCUT2D eigenvalue weighted by atomic mass is 10.1. The summed E-state index contributed by atoms with van der Waals surface area (Å²) in [6.07, 6.45) is 2.59. The number of ether oxygens (including phenoxy) is 1. The Morgan fingerprint density at radius 1 is 1.17 bits per heavy atom. The van der Waals surface area contributed by atoms with Gasteiger partial charge in [0.05, 0.1) is 17.3 Å². The van der Waals surface area contributed by atoms with Crippen molar-refractivity contribution in [2.45, 2.75) is 10.6 Å². The van der Waals surface area contributed by atoms with Crippen LogP contribution in [0.5, 0.6) is 5.75 Å². The molecule has 0 atom stereocenters. The third kappa shape index (κ3) is 5.87. The van der Waals surface area contributed by atoms with Crippen LogP contribution >= 0.6 is 27.7 Å². The van der Waals surface area contributed by atoms with E-state index < -0.39 is 11.8 Å². The summed E-state index contributed by atoms with van der Waals surface area (Å²) in [5.41, 5.74) is 2.94. The van der Waals surface area contributed by atoms with E-state index in [2.05, 4.69) is 33.4 Å². The smallest absolute Gasteiger partial charge is 0.328 e. The molecule has 0 spiro atoms. The summed E-state index contributed by atoms with van der Waals surface area (Å²) < 4.78 is 19.7. The molecule has 0 fully saturated rings. The van der Waals surface area contributed by atoms with Crippen molar-refractivity contribution >= 4 is 51.1 Å². The molecule has 3 aromatic rings. The molecular formula is C23H19BrFNO3S. The summed E-state index contributed by atoms with van der Waals surface area (Å²) in [7, 11) is 1.50. The predicted molar refractivity (Wildman–Crippen MR) is 123 cm³/mol. The van der Waals surface area contributed by atoms with Gasteiger partial charge in [0, 0.05) is 28.5 Å². The summed E-state index contributed by atoms with van der Waals surface area (Å²) in [6.45, 7) is 0. The highest BCUT2D eigenvalue weighted by molar-refractivity contribution is 9.10. The first-order valence-corrected chi connectivity index (χ1v) is 10.8. The van der Waals surface area contributed by atoms with Crippen LogP contribution in [-0.2, 0) is 10.5 Å². The summed E-state index contributed by atoms with van der Waals surface area (Å²) in [5.74, 6) is -0.230. The maximum absolute atomic E-state index is 14.0. The van der Waals surface area contributed by atoms with Gasteiger partial charge in [-0.3, -0.25) is 0 Å². The second-order valence-electron chi connectivity index (χ2n) is 6.29. The van der Waals surface area contributed by atoms with Crippen LogP contribution in [0.2, 0.25) is 0 Å². The molecule has 0 saturated heterocycles. The van der Waals surface area contributed by atoms with E-state index in [4.69, 9.17) is 9.84 Å². The Balaban J connectivity index is 1.90. The van der Waals surface area contributed by atoms with Gasteiger partial charge >= 0.3 is 5.97 Å².